The van der Waals surface area contributed by atoms with E-state index in [-0.39, 0.29) is 0 Å². The van der Waals surface area contributed by atoms with E-state index in [4.69, 9.17) is 10.1 Å². The first-order valence-electron chi connectivity index (χ1n) is 5.89. The Balaban J connectivity index is 2.01. The minimum atomic E-state index is 0.343. The van der Waals surface area contributed by atoms with Gasteiger partial charge in [-0.25, -0.2) is 0 Å². The Morgan fingerprint density at radius 1 is 1.61 bits per heavy atom. The standard InChI is InChI=1S/C13H16BrN3O/c1-9-3-2-4-12(17-9)13(15)11(14)7-16-10-5-6-18-8-10/h2-4,7,10,15-16H,5-6,8H2,1H3/b11-7+,15-13?/t10-/m1/s1. The molecule has 1 aromatic heterocycles. The highest BCUT2D eigenvalue weighted by molar-refractivity contribution is 9.12. The molecule has 2 rings (SSSR count). The lowest BCUT2D eigenvalue weighted by Gasteiger charge is -2.09. The van der Waals surface area contributed by atoms with Gasteiger partial charge in [0.05, 0.1) is 28.5 Å². The Hall–Kier alpha value is -1.20. The number of aromatic nitrogens is 1. The molecule has 1 aliphatic rings. The van der Waals surface area contributed by atoms with Crippen LogP contribution in [0.25, 0.3) is 0 Å². The van der Waals surface area contributed by atoms with E-state index < -0.39 is 0 Å². The van der Waals surface area contributed by atoms with E-state index >= 15 is 0 Å². The lowest BCUT2D eigenvalue weighted by atomic mass is 10.2. The molecule has 2 N–H and O–H groups in total. The number of aryl methyl sites for hydroxylation is 1. The molecular formula is C13H16BrN3O. The van der Waals surface area contributed by atoms with E-state index in [9.17, 15) is 0 Å². The van der Waals surface area contributed by atoms with E-state index in [0.717, 1.165) is 25.3 Å². The zero-order valence-corrected chi connectivity index (χ0v) is 11.8. The van der Waals surface area contributed by atoms with Crippen molar-refractivity contribution in [1.29, 1.82) is 5.41 Å². The van der Waals surface area contributed by atoms with Crippen LogP contribution in [0, 0.1) is 12.3 Å². The number of hydrogen-bond acceptors (Lipinski definition) is 4. The third kappa shape index (κ3) is 3.40. The maximum atomic E-state index is 8.06. The maximum Gasteiger partial charge on any atom is 0.0953 e. The first-order chi connectivity index (χ1) is 8.66. The maximum absolute atomic E-state index is 8.06. The summed E-state index contributed by atoms with van der Waals surface area (Å²) in [7, 11) is 0. The van der Waals surface area contributed by atoms with Gasteiger partial charge in [-0.2, -0.15) is 0 Å². The lowest BCUT2D eigenvalue weighted by molar-refractivity contribution is 0.191. The molecule has 1 fully saturated rings. The van der Waals surface area contributed by atoms with Gasteiger partial charge in [0.25, 0.3) is 0 Å². The smallest absolute Gasteiger partial charge is 0.0953 e. The largest absolute Gasteiger partial charge is 0.385 e. The molecule has 0 radical (unpaired) electrons. The predicted molar refractivity (Wildman–Crippen MR) is 75.2 cm³/mol. The molecule has 4 nitrogen and oxygen atoms in total. The van der Waals surface area contributed by atoms with Crippen molar-refractivity contribution >= 4 is 21.6 Å². The molecule has 0 saturated carbocycles. The van der Waals surface area contributed by atoms with Gasteiger partial charge in [0, 0.05) is 18.5 Å². The quantitative estimate of drug-likeness (QED) is 0.840. The molecule has 5 heteroatoms. The summed E-state index contributed by atoms with van der Waals surface area (Å²) in [5, 5.41) is 11.3. The molecule has 0 amide bonds. The van der Waals surface area contributed by atoms with Gasteiger partial charge in [0.15, 0.2) is 0 Å². The van der Waals surface area contributed by atoms with E-state index in [1.807, 2.05) is 31.3 Å². The van der Waals surface area contributed by atoms with Crippen molar-refractivity contribution in [2.45, 2.75) is 19.4 Å². The predicted octanol–water partition coefficient (Wildman–Crippen LogP) is 2.37. The monoisotopic (exact) mass is 309 g/mol. The van der Waals surface area contributed by atoms with Crippen LogP contribution in [0.2, 0.25) is 0 Å². The van der Waals surface area contributed by atoms with Crippen molar-refractivity contribution in [3.8, 4) is 0 Å². The Morgan fingerprint density at radius 3 is 3.11 bits per heavy atom. The average molecular weight is 310 g/mol. The van der Waals surface area contributed by atoms with Gasteiger partial charge in [-0.3, -0.25) is 10.4 Å². The van der Waals surface area contributed by atoms with Crippen LogP contribution in [-0.2, 0) is 4.74 Å². The van der Waals surface area contributed by atoms with Crippen LogP contribution in [0.5, 0.6) is 0 Å². The van der Waals surface area contributed by atoms with Gasteiger partial charge in [-0.1, -0.05) is 6.07 Å². The van der Waals surface area contributed by atoms with Crippen LogP contribution in [-0.4, -0.2) is 30.0 Å². The molecular weight excluding hydrogens is 294 g/mol. The highest BCUT2D eigenvalue weighted by atomic mass is 79.9. The third-order valence-electron chi connectivity index (χ3n) is 2.76. The number of allylic oxidation sites excluding steroid dienone is 1. The molecule has 0 bridgehead atoms. The highest BCUT2D eigenvalue weighted by Gasteiger charge is 2.14. The normalized spacial score (nSPS) is 19.9. The molecule has 1 saturated heterocycles. The summed E-state index contributed by atoms with van der Waals surface area (Å²) in [6, 6.07) is 6.01. The molecule has 0 aliphatic carbocycles. The second kappa shape index (κ2) is 6.11. The molecule has 1 atom stereocenters. The van der Waals surface area contributed by atoms with Crippen LogP contribution < -0.4 is 5.32 Å². The van der Waals surface area contributed by atoms with Crippen LogP contribution in [0.1, 0.15) is 17.8 Å². The van der Waals surface area contributed by atoms with Crippen molar-refractivity contribution in [3.63, 3.8) is 0 Å². The van der Waals surface area contributed by atoms with Crippen molar-refractivity contribution in [1.82, 2.24) is 10.3 Å². The minimum Gasteiger partial charge on any atom is -0.385 e. The van der Waals surface area contributed by atoms with Crippen molar-refractivity contribution < 1.29 is 4.74 Å². The van der Waals surface area contributed by atoms with Gasteiger partial charge in [0.2, 0.25) is 0 Å². The SMILES string of the molecule is Cc1cccc(C(=N)/C(Br)=C\N[C@@H]2CCOC2)n1. The summed E-state index contributed by atoms with van der Waals surface area (Å²) in [5.74, 6) is 0. The summed E-state index contributed by atoms with van der Waals surface area (Å²) in [5.41, 5.74) is 1.96. The Bertz CT molecular complexity index is 467. The minimum absolute atomic E-state index is 0.343. The zero-order valence-electron chi connectivity index (χ0n) is 10.2. The molecule has 1 aromatic rings. The summed E-state index contributed by atoms with van der Waals surface area (Å²) < 4.78 is 5.98. The molecule has 0 unspecified atom stereocenters. The Kier molecular flexibility index (Phi) is 4.49. The molecule has 1 aliphatic heterocycles. The first kappa shape index (κ1) is 13.2. The molecule has 0 aromatic carbocycles. The zero-order chi connectivity index (χ0) is 13.0. The van der Waals surface area contributed by atoms with Crippen molar-refractivity contribution in [2.75, 3.05) is 13.2 Å². The van der Waals surface area contributed by atoms with E-state index in [1.54, 1.807) is 0 Å². The number of halogens is 1. The third-order valence-corrected chi connectivity index (χ3v) is 3.38. The van der Waals surface area contributed by atoms with Gasteiger partial charge < -0.3 is 10.1 Å². The molecule has 18 heavy (non-hydrogen) atoms. The molecule has 0 spiro atoms. The number of nitrogens with zero attached hydrogens (tertiary/aromatic N) is 1. The second-order valence-electron chi connectivity index (χ2n) is 4.26. The lowest BCUT2D eigenvalue weighted by Crippen LogP contribution is -2.24. The summed E-state index contributed by atoms with van der Waals surface area (Å²) in [4.78, 5) is 4.33. The van der Waals surface area contributed by atoms with Crippen molar-refractivity contribution in [2.24, 2.45) is 0 Å². The first-order valence-corrected chi connectivity index (χ1v) is 6.68. The average Bonchev–Trinajstić information content (AvgIpc) is 2.88. The summed E-state index contributed by atoms with van der Waals surface area (Å²) in [6.45, 7) is 3.45. The summed E-state index contributed by atoms with van der Waals surface area (Å²) >= 11 is 3.41. The number of nitrogens with one attached hydrogen (secondary N) is 2. The fraction of sp³-hybridized carbons (Fsp3) is 0.385. The number of hydrogen-bond donors (Lipinski definition) is 2. The fourth-order valence-electron chi connectivity index (χ4n) is 1.73. The second-order valence-corrected chi connectivity index (χ2v) is 5.11. The van der Waals surface area contributed by atoms with Crippen LogP contribution in [0.3, 0.4) is 0 Å². The van der Waals surface area contributed by atoms with Gasteiger partial charge in [0.1, 0.15) is 0 Å². The fourth-order valence-corrected chi connectivity index (χ4v) is 2.07. The van der Waals surface area contributed by atoms with Gasteiger partial charge in [-0.15, -0.1) is 0 Å². The van der Waals surface area contributed by atoms with Crippen LogP contribution >= 0.6 is 15.9 Å². The van der Waals surface area contributed by atoms with Crippen molar-refractivity contribution in [3.05, 3.63) is 40.3 Å². The van der Waals surface area contributed by atoms with Gasteiger partial charge >= 0.3 is 0 Å². The van der Waals surface area contributed by atoms with E-state index in [2.05, 4.69) is 26.2 Å². The number of pyridine rings is 1. The van der Waals surface area contributed by atoms with Gasteiger partial charge in [-0.05, 0) is 41.4 Å². The molecule has 96 valence electrons. The summed E-state index contributed by atoms with van der Waals surface area (Å²) in [6.07, 6.45) is 2.82. The Labute approximate surface area is 115 Å². The highest BCUT2D eigenvalue weighted by Crippen LogP contribution is 2.13. The molecule has 2 heterocycles. The number of rotatable bonds is 4. The van der Waals surface area contributed by atoms with E-state index in [0.29, 0.717) is 21.9 Å². The van der Waals surface area contributed by atoms with Crippen LogP contribution in [0.4, 0.5) is 0 Å². The topological polar surface area (TPSA) is 58.0 Å². The number of ether oxygens (including phenoxy) is 1. The van der Waals surface area contributed by atoms with Crippen LogP contribution in [0.15, 0.2) is 28.9 Å². The Morgan fingerprint density at radius 2 is 2.44 bits per heavy atom. The van der Waals surface area contributed by atoms with E-state index in [1.165, 1.54) is 0 Å².